The van der Waals surface area contributed by atoms with Crippen molar-refractivity contribution in [1.29, 1.82) is 0 Å². The molecule has 0 aromatic heterocycles. The van der Waals surface area contributed by atoms with E-state index < -0.39 is 6.10 Å². The molecule has 0 heterocycles. The van der Waals surface area contributed by atoms with Crippen LogP contribution >= 0.6 is 0 Å². The Morgan fingerprint density at radius 3 is 1.88 bits per heavy atom. The van der Waals surface area contributed by atoms with Crippen molar-refractivity contribution in [3.05, 3.63) is 12.7 Å². The van der Waals surface area contributed by atoms with Crippen molar-refractivity contribution in [2.24, 2.45) is 0 Å². The Hall–Kier alpha value is -0.910. The molecule has 17 heavy (non-hydrogen) atoms. The molecule has 0 bridgehead atoms. The van der Waals surface area contributed by atoms with Crippen LogP contribution in [-0.2, 0) is 14.3 Å². The molecule has 0 aliphatic rings. The third-order valence-electron chi connectivity index (χ3n) is 1.08. The summed E-state index contributed by atoms with van der Waals surface area (Å²) in [7, 11) is 0. The molecule has 0 spiro atoms. The van der Waals surface area contributed by atoms with Gasteiger partial charge in [0.2, 0.25) is 0 Å². The first kappa shape index (κ1) is 21.4. The van der Waals surface area contributed by atoms with Gasteiger partial charge in [0.1, 0.15) is 6.61 Å². The van der Waals surface area contributed by atoms with E-state index in [0.717, 1.165) is 13.2 Å². The molecule has 0 radical (unpaired) electrons. The molecule has 104 valence electrons. The van der Waals surface area contributed by atoms with E-state index in [1.165, 1.54) is 19.9 Å². The SMILES string of the molecule is C=CCOC(C)=O.CC(O)CO.CCOCC. The Balaban J connectivity index is -0.000000177. The maximum atomic E-state index is 9.93. The van der Waals surface area contributed by atoms with E-state index in [1.54, 1.807) is 0 Å². The molecule has 5 nitrogen and oxygen atoms in total. The van der Waals surface area contributed by atoms with E-state index in [2.05, 4.69) is 11.3 Å². The number of carbonyl (C=O) groups is 1. The Morgan fingerprint density at radius 2 is 1.82 bits per heavy atom. The summed E-state index contributed by atoms with van der Waals surface area (Å²) >= 11 is 0. The van der Waals surface area contributed by atoms with E-state index in [4.69, 9.17) is 14.9 Å². The summed E-state index contributed by atoms with van der Waals surface area (Å²) in [5.41, 5.74) is 0. The van der Waals surface area contributed by atoms with E-state index in [-0.39, 0.29) is 12.6 Å². The number of hydrogen-bond acceptors (Lipinski definition) is 5. The fourth-order valence-electron chi connectivity index (χ4n) is 0.380. The highest BCUT2D eigenvalue weighted by Crippen LogP contribution is 1.73. The lowest BCUT2D eigenvalue weighted by Gasteiger charge is -1.90. The third kappa shape index (κ3) is 51.4. The van der Waals surface area contributed by atoms with Gasteiger partial charge in [0.15, 0.2) is 0 Å². The minimum absolute atomic E-state index is 0.139. The van der Waals surface area contributed by atoms with Crippen LogP contribution in [0.1, 0.15) is 27.7 Å². The van der Waals surface area contributed by atoms with Gasteiger partial charge in [0.05, 0.1) is 12.7 Å². The van der Waals surface area contributed by atoms with Crippen LogP contribution in [0.2, 0.25) is 0 Å². The molecular formula is C12H26O5. The lowest BCUT2D eigenvalue weighted by molar-refractivity contribution is -0.139. The predicted molar refractivity (Wildman–Crippen MR) is 67.8 cm³/mol. The average molecular weight is 250 g/mol. The summed E-state index contributed by atoms with van der Waals surface area (Å²) < 4.78 is 9.27. The van der Waals surface area contributed by atoms with Gasteiger partial charge in [-0.3, -0.25) is 4.79 Å². The highest BCUT2D eigenvalue weighted by Gasteiger charge is 1.83. The maximum absolute atomic E-state index is 9.93. The normalized spacial score (nSPS) is 10.0. The van der Waals surface area contributed by atoms with Crippen LogP contribution in [0.25, 0.3) is 0 Å². The molecule has 0 aromatic rings. The summed E-state index contributed by atoms with van der Waals surface area (Å²) in [6, 6.07) is 0. The number of hydrogen-bond donors (Lipinski definition) is 2. The number of carbonyl (C=O) groups excluding carboxylic acids is 1. The molecule has 0 fully saturated rings. The van der Waals surface area contributed by atoms with E-state index in [0.29, 0.717) is 6.61 Å². The Morgan fingerprint density at radius 1 is 1.41 bits per heavy atom. The van der Waals surface area contributed by atoms with Crippen LogP contribution in [0.4, 0.5) is 0 Å². The van der Waals surface area contributed by atoms with Crippen LogP contribution < -0.4 is 0 Å². The van der Waals surface area contributed by atoms with Crippen LogP contribution in [-0.4, -0.2) is 48.7 Å². The van der Waals surface area contributed by atoms with Crippen molar-refractivity contribution < 1.29 is 24.5 Å². The molecule has 1 atom stereocenters. The van der Waals surface area contributed by atoms with Gasteiger partial charge in [0.25, 0.3) is 0 Å². The molecule has 0 aliphatic carbocycles. The minimum Gasteiger partial charge on any atom is -0.462 e. The molecule has 2 N–H and O–H groups in total. The topological polar surface area (TPSA) is 76.0 Å². The minimum atomic E-state index is -0.560. The van der Waals surface area contributed by atoms with Crippen LogP contribution in [0.15, 0.2) is 12.7 Å². The Labute approximate surface area is 104 Å². The summed E-state index contributed by atoms with van der Waals surface area (Å²) in [5.74, 6) is -0.264. The van der Waals surface area contributed by atoms with Crippen molar-refractivity contribution in [3.8, 4) is 0 Å². The molecule has 0 saturated carbocycles. The zero-order chi connectivity index (χ0) is 14.1. The van der Waals surface area contributed by atoms with Crippen molar-refractivity contribution in [2.45, 2.75) is 33.8 Å². The fraction of sp³-hybridized carbons (Fsp3) is 0.750. The van der Waals surface area contributed by atoms with E-state index in [1.807, 2.05) is 13.8 Å². The molecule has 0 rings (SSSR count). The predicted octanol–water partition coefficient (Wildman–Crippen LogP) is 1.14. The zero-order valence-corrected chi connectivity index (χ0v) is 11.3. The number of esters is 1. The van der Waals surface area contributed by atoms with Gasteiger partial charge in [-0.15, -0.1) is 0 Å². The molecule has 1 unspecified atom stereocenters. The van der Waals surface area contributed by atoms with Crippen molar-refractivity contribution in [3.63, 3.8) is 0 Å². The first-order valence-electron chi connectivity index (χ1n) is 5.57. The summed E-state index contributed by atoms with van der Waals surface area (Å²) in [6.45, 7) is 12.1. The van der Waals surface area contributed by atoms with Crippen LogP contribution in [0.3, 0.4) is 0 Å². The Bertz CT molecular complexity index is 155. The van der Waals surface area contributed by atoms with E-state index in [9.17, 15) is 4.79 Å². The zero-order valence-electron chi connectivity index (χ0n) is 11.3. The van der Waals surface area contributed by atoms with Crippen molar-refractivity contribution in [2.75, 3.05) is 26.4 Å². The molecule has 0 saturated heterocycles. The van der Waals surface area contributed by atoms with Gasteiger partial charge in [-0.25, -0.2) is 0 Å². The quantitative estimate of drug-likeness (QED) is 0.565. The van der Waals surface area contributed by atoms with Crippen LogP contribution in [0.5, 0.6) is 0 Å². The smallest absolute Gasteiger partial charge is 0.302 e. The molecule has 0 aliphatic heterocycles. The van der Waals surface area contributed by atoms with Gasteiger partial charge in [0, 0.05) is 20.1 Å². The fourth-order valence-corrected chi connectivity index (χ4v) is 0.380. The highest BCUT2D eigenvalue weighted by molar-refractivity contribution is 5.65. The molecule has 5 heteroatoms. The van der Waals surface area contributed by atoms with E-state index >= 15 is 0 Å². The number of rotatable bonds is 5. The average Bonchev–Trinajstić information content (AvgIpc) is 2.29. The lowest BCUT2D eigenvalue weighted by Crippen LogP contribution is -2.03. The second-order valence-electron chi connectivity index (χ2n) is 2.90. The summed E-state index contributed by atoms with van der Waals surface area (Å²) in [5, 5.41) is 16.0. The monoisotopic (exact) mass is 250 g/mol. The second kappa shape index (κ2) is 20.5. The van der Waals surface area contributed by atoms with Gasteiger partial charge in [-0.2, -0.15) is 0 Å². The van der Waals surface area contributed by atoms with Crippen LogP contribution in [0, 0.1) is 0 Å². The standard InChI is InChI=1S/C5H8O2.C4H10O.C3H8O2/c1-3-4-7-5(2)6;1-3-5-4-2;1-3(5)2-4/h3H,1,4H2,2H3;3-4H2,1-2H3;3-5H,2H2,1H3. The Kier molecular flexibility index (Phi) is 25.8. The number of aliphatic hydroxyl groups is 2. The maximum Gasteiger partial charge on any atom is 0.302 e. The van der Waals surface area contributed by atoms with Gasteiger partial charge in [-0.1, -0.05) is 12.7 Å². The van der Waals surface area contributed by atoms with Crippen molar-refractivity contribution >= 4 is 5.97 Å². The van der Waals surface area contributed by atoms with Gasteiger partial charge < -0.3 is 19.7 Å². The van der Waals surface area contributed by atoms with Gasteiger partial charge in [-0.05, 0) is 20.8 Å². The second-order valence-corrected chi connectivity index (χ2v) is 2.90. The summed E-state index contributed by atoms with van der Waals surface area (Å²) in [6.07, 6.45) is 0.969. The third-order valence-corrected chi connectivity index (χ3v) is 1.08. The first-order valence-corrected chi connectivity index (χ1v) is 5.57. The number of aliphatic hydroxyl groups excluding tert-OH is 2. The van der Waals surface area contributed by atoms with Gasteiger partial charge >= 0.3 is 5.97 Å². The largest absolute Gasteiger partial charge is 0.462 e. The van der Waals surface area contributed by atoms with Crippen molar-refractivity contribution in [1.82, 2.24) is 0 Å². The molecule has 0 amide bonds. The highest BCUT2D eigenvalue weighted by atomic mass is 16.5. The molecule has 0 aromatic carbocycles. The first-order chi connectivity index (χ1) is 7.95. The molecular weight excluding hydrogens is 224 g/mol. The number of ether oxygens (including phenoxy) is 2. The summed E-state index contributed by atoms with van der Waals surface area (Å²) in [4.78, 5) is 9.93. The lowest BCUT2D eigenvalue weighted by atomic mass is 10.5.